The van der Waals surface area contributed by atoms with E-state index in [1.807, 2.05) is 6.92 Å². The van der Waals surface area contributed by atoms with Crippen LogP contribution in [0.15, 0.2) is 0 Å². The molecule has 0 aromatic heterocycles. The lowest BCUT2D eigenvalue weighted by Crippen LogP contribution is -2.34. The molecule has 1 N–H and O–H groups in total. The van der Waals surface area contributed by atoms with Crippen molar-refractivity contribution in [1.29, 1.82) is 5.26 Å². The van der Waals surface area contributed by atoms with Crippen molar-refractivity contribution in [2.75, 3.05) is 0 Å². The van der Waals surface area contributed by atoms with Crippen molar-refractivity contribution in [2.24, 2.45) is 5.41 Å². The summed E-state index contributed by atoms with van der Waals surface area (Å²) in [5, 5.41) is 11.9. The molecule has 0 amide bonds. The smallest absolute Gasteiger partial charge is 0.0926 e. The number of nitrogens with zero attached hydrogens (tertiary/aromatic N) is 1. The average molecular weight is 166 g/mol. The van der Waals surface area contributed by atoms with Crippen LogP contribution in [0.25, 0.3) is 0 Å². The van der Waals surface area contributed by atoms with Gasteiger partial charge in [0.2, 0.25) is 0 Å². The van der Waals surface area contributed by atoms with Crippen molar-refractivity contribution in [3.63, 3.8) is 0 Å². The molecule has 0 aromatic rings. The monoisotopic (exact) mass is 166 g/mol. The van der Waals surface area contributed by atoms with Crippen LogP contribution < -0.4 is 5.32 Å². The maximum absolute atomic E-state index is 8.61. The van der Waals surface area contributed by atoms with Gasteiger partial charge in [-0.05, 0) is 31.6 Å². The van der Waals surface area contributed by atoms with Crippen molar-refractivity contribution >= 4 is 0 Å². The molecule has 0 heterocycles. The summed E-state index contributed by atoms with van der Waals surface area (Å²) < 4.78 is 0. The first kappa shape index (κ1) is 9.54. The fourth-order valence-corrected chi connectivity index (χ4v) is 1.97. The molecule has 0 aromatic carbocycles. The fourth-order valence-electron chi connectivity index (χ4n) is 1.97. The third kappa shape index (κ3) is 2.49. The van der Waals surface area contributed by atoms with E-state index in [9.17, 15) is 0 Å². The predicted octanol–water partition coefficient (Wildman–Crippen LogP) is 2.07. The Morgan fingerprint density at radius 1 is 1.58 bits per heavy atom. The van der Waals surface area contributed by atoms with Crippen molar-refractivity contribution in [3.05, 3.63) is 0 Å². The minimum absolute atomic E-state index is 0.00361. The largest absolute Gasteiger partial charge is 0.299 e. The second-order valence-corrected chi connectivity index (χ2v) is 4.62. The lowest BCUT2D eigenvalue weighted by molar-refractivity contribution is 0.362. The van der Waals surface area contributed by atoms with Gasteiger partial charge >= 0.3 is 0 Å². The number of nitrogens with one attached hydrogen (secondary N) is 1. The van der Waals surface area contributed by atoms with Crippen LogP contribution in [-0.4, -0.2) is 12.1 Å². The van der Waals surface area contributed by atoms with Crippen LogP contribution in [0.1, 0.15) is 40.0 Å². The summed E-state index contributed by atoms with van der Waals surface area (Å²) in [4.78, 5) is 0. The Morgan fingerprint density at radius 3 is 2.67 bits per heavy atom. The molecule has 68 valence electrons. The van der Waals surface area contributed by atoms with Gasteiger partial charge in [-0.15, -0.1) is 0 Å². The summed E-state index contributed by atoms with van der Waals surface area (Å²) in [5.74, 6) is 0. The first-order valence-electron chi connectivity index (χ1n) is 4.69. The van der Waals surface area contributed by atoms with Crippen LogP contribution in [0.5, 0.6) is 0 Å². The number of hydrogen-bond donors (Lipinski definition) is 1. The summed E-state index contributed by atoms with van der Waals surface area (Å²) in [6, 6.07) is 2.78. The first-order valence-corrected chi connectivity index (χ1v) is 4.69. The quantitative estimate of drug-likeness (QED) is 0.681. The van der Waals surface area contributed by atoms with Gasteiger partial charge in [-0.25, -0.2) is 0 Å². The van der Waals surface area contributed by atoms with E-state index in [4.69, 9.17) is 5.26 Å². The van der Waals surface area contributed by atoms with Gasteiger partial charge in [0, 0.05) is 6.04 Å². The summed E-state index contributed by atoms with van der Waals surface area (Å²) in [6.07, 6.45) is 3.71. The van der Waals surface area contributed by atoms with Gasteiger partial charge in [-0.1, -0.05) is 13.8 Å². The topological polar surface area (TPSA) is 35.8 Å². The Bertz CT molecular complexity index is 191. The second kappa shape index (κ2) is 3.45. The van der Waals surface area contributed by atoms with E-state index in [1.165, 1.54) is 19.3 Å². The van der Waals surface area contributed by atoms with Crippen molar-refractivity contribution in [3.8, 4) is 6.07 Å². The molecular formula is C10H18N2. The minimum Gasteiger partial charge on any atom is -0.299 e. The van der Waals surface area contributed by atoms with E-state index >= 15 is 0 Å². The van der Waals surface area contributed by atoms with Crippen LogP contribution in [-0.2, 0) is 0 Å². The van der Waals surface area contributed by atoms with Gasteiger partial charge in [0.05, 0.1) is 12.1 Å². The summed E-state index contributed by atoms with van der Waals surface area (Å²) in [5.41, 5.74) is 0.479. The third-order valence-corrected chi connectivity index (χ3v) is 2.65. The molecule has 0 bridgehead atoms. The highest BCUT2D eigenvalue weighted by atomic mass is 14.9. The molecule has 0 spiro atoms. The maximum atomic E-state index is 8.61. The van der Waals surface area contributed by atoms with Gasteiger partial charge in [0.15, 0.2) is 0 Å². The zero-order chi connectivity index (χ0) is 9.19. The van der Waals surface area contributed by atoms with Crippen molar-refractivity contribution in [1.82, 2.24) is 5.32 Å². The van der Waals surface area contributed by atoms with E-state index in [-0.39, 0.29) is 6.04 Å². The van der Waals surface area contributed by atoms with Crippen LogP contribution in [0.2, 0.25) is 0 Å². The predicted molar refractivity (Wildman–Crippen MR) is 49.6 cm³/mol. The summed E-state index contributed by atoms with van der Waals surface area (Å²) in [6.45, 7) is 6.52. The molecule has 0 radical (unpaired) electrons. The molecular weight excluding hydrogens is 148 g/mol. The lowest BCUT2D eigenvalue weighted by atomic mass is 9.92. The molecule has 1 fully saturated rings. The van der Waals surface area contributed by atoms with Crippen molar-refractivity contribution in [2.45, 2.75) is 52.1 Å². The molecule has 12 heavy (non-hydrogen) atoms. The highest BCUT2D eigenvalue weighted by Crippen LogP contribution is 2.36. The Hall–Kier alpha value is -0.550. The van der Waals surface area contributed by atoms with Gasteiger partial charge in [-0.3, -0.25) is 5.32 Å². The first-order chi connectivity index (χ1) is 5.53. The summed E-state index contributed by atoms with van der Waals surface area (Å²) in [7, 11) is 0. The molecule has 2 nitrogen and oxygen atoms in total. The highest BCUT2D eigenvalue weighted by Gasteiger charge is 2.31. The van der Waals surface area contributed by atoms with E-state index < -0.39 is 0 Å². The van der Waals surface area contributed by atoms with Crippen LogP contribution >= 0.6 is 0 Å². The summed E-state index contributed by atoms with van der Waals surface area (Å²) >= 11 is 0. The van der Waals surface area contributed by atoms with E-state index in [1.54, 1.807) is 0 Å². The zero-order valence-electron chi connectivity index (χ0n) is 8.22. The normalized spacial score (nSPS) is 29.7. The number of nitriles is 1. The molecule has 0 aliphatic heterocycles. The molecule has 1 aliphatic carbocycles. The Balaban J connectivity index is 2.34. The molecule has 1 rings (SSSR count). The van der Waals surface area contributed by atoms with Crippen molar-refractivity contribution < 1.29 is 0 Å². The molecule has 0 saturated heterocycles. The van der Waals surface area contributed by atoms with Gasteiger partial charge < -0.3 is 0 Å². The molecule has 2 atom stereocenters. The molecule has 1 aliphatic rings. The average Bonchev–Trinajstić information content (AvgIpc) is 2.30. The fraction of sp³-hybridized carbons (Fsp3) is 0.900. The van der Waals surface area contributed by atoms with Gasteiger partial charge in [0.1, 0.15) is 0 Å². The van der Waals surface area contributed by atoms with Gasteiger partial charge in [0.25, 0.3) is 0 Å². The van der Waals surface area contributed by atoms with E-state index in [0.29, 0.717) is 11.5 Å². The van der Waals surface area contributed by atoms with Crippen LogP contribution in [0.3, 0.4) is 0 Å². The maximum Gasteiger partial charge on any atom is 0.0926 e. The number of hydrogen-bond acceptors (Lipinski definition) is 2. The van der Waals surface area contributed by atoms with Crippen LogP contribution in [0, 0.1) is 16.7 Å². The molecule has 2 unspecified atom stereocenters. The second-order valence-electron chi connectivity index (χ2n) is 4.62. The third-order valence-electron chi connectivity index (χ3n) is 2.65. The van der Waals surface area contributed by atoms with Gasteiger partial charge in [-0.2, -0.15) is 5.26 Å². The van der Waals surface area contributed by atoms with Crippen LogP contribution in [0.4, 0.5) is 0 Å². The molecule has 2 heteroatoms. The SMILES string of the molecule is CC(C#N)NC1CCC(C)(C)C1. The Morgan fingerprint density at radius 2 is 2.25 bits per heavy atom. The van der Waals surface area contributed by atoms with E-state index in [2.05, 4.69) is 25.2 Å². The zero-order valence-corrected chi connectivity index (χ0v) is 8.22. The van der Waals surface area contributed by atoms with E-state index in [0.717, 1.165) is 0 Å². The molecule has 1 saturated carbocycles. The Kier molecular flexibility index (Phi) is 2.74. The minimum atomic E-state index is 0.00361. The number of rotatable bonds is 2. The highest BCUT2D eigenvalue weighted by molar-refractivity contribution is 4.93. The standard InChI is InChI=1S/C10H18N2/c1-8(7-11)12-9-4-5-10(2,3)6-9/h8-9,12H,4-6H2,1-3H3. The Labute approximate surface area is 75.0 Å². The lowest BCUT2D eigenvalue weighted by Gasteiger charge is -2.18.